The Labute approximate surface area is 130 Å². The van der Waals surface area contributed by atoms with Crippen LogP contribution in [0, 0.1) is 11.3 Å². The van der Waals surface area contributed by atoms with Crippen molar-refractivity contribution in [1.29, 1.82) is 5.26 Å². The first-order valence-electron chi connectivity index (χ1n) is 6.45. The summed E-state index contributed by atoms with van der Waals surface area (Å²) in [5.74, 6) is 0. The number of thiazole rings is 1. The van der Waals surface area contributed by atoms with Crippen molar-refractivity contribution in [3.05, 3.63) is 28.5 Å². The van der Waals surface area contributed by atoms with E-state index in [4.69, 9.17) is 11.6 Å². The fourth-order valence-corrected chi connectivity index (χ4v) is 3.27. The van der Waals surface area contributed by atoms with E-state index in [9.17, 15) is 5.26 Å². The summed E-state index contributed by atoms with van der Waals surface area (Å²) in [6, 6.07) is 4.20. The number of rotatable bonds is 3. The molecule has 0 aliphatic carbocycles. The maximum Gasteiger partial charge on any atom is 0.183 e. The molecule has 0 aliphatic heterocycles. The summed E-state index contributed by atoms with van der Waals surface area (Å²) in [6.45, 7) is 3.89. The lowest BCUT2D eigenvalue weighted by Gasteiger charge is -2.15. The second-order valence-corrected chi connectivity index (χ2v) is 6.17. The topological polar surface area (TPSA) is 78.2 Å². The van der Waals surface area contributed by atoms with Gasteiger partial charge in [0.15, 0.2) is 5.65 Å². The van der Waals surface area contributed by atoms with Crippen LogP contribution in [0.1, 0.15) is 26.0 Å². The first-order valence-corrected chi connectivity index (χ1v) is 7.71. The lowest BCUT2D eigenvalue weighted by molar-refractivity contribution is 0.572. The van der Waals surface area contributed by atoms with E-state index in [2.05, 4.69) is 26.2 Å². The van der Waals surface area contributed by atoms with E-state index < -0.39 is 5.41 Å². The van der Waals surface area contributed by atoms with Crippen LogP contribution in [0.5, 0.6) is 0 Å². The SMILES string of the molecule is CCC(C)(C#N)c1csc(-c2ccnc3n[nH]c(Cl)c23)n1. The van der Waals surface area contributed by atoms with Gasteiger partial charge >= 0.3 is 0 Å². The minimum absolute atomic E-state index is 0.448. The van der Waals surface area contributed by atoms with Crippen LogP contribution >= 0.6 is 22.9 Å². The highest BCUT2D eigenvalue weighted by atomic mass is 35.5. The Morgan fingerprint density at radius 3 is 3.05 bits per heavy atom. The molecule has 0 spiro atoms. The Kier molecular flexibility index (Phi) is 3.40. The smallest absolute Gasteiger partial charge is 0.183 e. The largest absolute Gasteiger partial charge is 0.264 e. The van der Waals surface area contributed by atoms with Gasteiger partial charge in [-0.3, -0.25) is 5.10 Å². The predicted octanol–water partition coefficient (Wildman–Crippen LogP) is 3.93. The summed E-state index contributed by atoms with van der Waals surface area (Å²) >= 11 is 7.64. The Hall–Kier alpha value is -1.97. The fourth-order valence-electron chi connectivity index (χ4n) is 2.06. The van der Waals surface area contributed by atoms with Gasteiger partial charge in [0.25, 0.3) is 0 Å². The van der Waals surface area contributed by atoms with Crippen molar-refractivity contribution >= 4 is 34.0 Å². The predicted molar refractivity (Wildman–Crippen MR) is 83.3 cm³/mol. The summed E-state index contributed by atoms with van der Waals surface area (Å²) in [6.07, 6.45) is 2.39. The van der Waals surface area contributed by atoms with Gasteiger partial charge in [-0.15, -0.1) is 11.3 Å². The van der Waals surface area contributed by atoms with Gasteiger partial charge in [-0.2, -0.15) is 10.4 Å². The van der Waals surface area contributed by atoms with Gasteiger partial charge < -0.3 is 0 Å². The van der Waals surface area contributed by atoms with Crippen LogP contribution in [-0.4, -0.2) is 20.2 Å². The van der Waals surface area contributed by atoms with Crippen molar-refractivity contribution < 1.29 is 0 Å². The molecule has 5 nitrogen and oxygen atoms in total. The van der Waals surface area contributed by atoms with Gasteiger partial charge in [-0.1, -0.05) is 18.5 Å². The lowest BCUT2D eigenvalue weighted by Crippen LogP contribution is -2.18. The molecule has 3 aromatic rings. The molecule has 0 saturated carbocycles. The average molecular weight is 318 g/mol. The number of aromatic nitrogens is 4. The highest BCUT2D eigenvalue weighted by molar-refractivity contribution is 7.13. The number of aromatic amines is 1. The number of nitrogens with zero attached hydrogens (tertiary/aromatic N) is 4. The van der Waals surface area contributed by atoms with Crippen LogP contribution in [0.4, 0.5) is 0 Å². The van der Waals surface area contributed by atoms with Crippen molar-refractivity contribution in [2.24, 2.45) is 0 Å². The van der Waals surface area contributed by atoms with Crippen molar-refractivity contribution in [1.82, 2.24) is 20.2 Å². The van der Waals surface area contributed by atoms with Crippen LogP contribution in [0.25, 0.3) is 21.6 Å². The van der Waals surface area contributed by atoms with Crippen LogP contribution in [0.2, 0.25) is 5.15 Å². The minimum atomic E-state index is -0.568. The molecular formula is C14H12ClN5S. The van der Waals surface area contributed by atoms with Crippen molar-refractivity contribution in [3.8, 4) is 16.6 Å². The first kappa shape index (κ1) is 14.0. The Morgan fingerprint density at radius 2 is 2.33 bits per heavy atom. The van der Waals surface area contributed by atoms with E-state index >= 15 is 0 Å². The molecule has 0 bridgehead atoms. The summed E-state index contributed by atoms with van der Waals surface area (Å²) in [7, 11) is 0. The third-order valence-corrected chi connectivity index (χ3v) is 4.81. The van der Waals surface area contributed by atoms with Crippen molar-refractivity contribution in [2.45, 2.75) is 25.7 Å². The summed E-state index contributed by atoms with van der Waals surface area (Å²) in [5.41, 5.74) is 1.66. The molecule has 1 atom stereocenters. The van der Waals surface area contributed by atoms with E-state index in [1.165, 1.54) is 11.3 Å². The molecule has 0 radical (unpaired) electrons. The molecule has 7 heteroatoms. The third-order valence-electron chi connectivity index (χ3n) is 3.66. The fraction of sp³-hybridized carbons (Fsp3) is 0.286. The first-order chi connectivity index (χ1) is 10.1. The summed E-state index contributed by atoms with van der Waals surface area (Å²) in [4.78, 5) is 8.81. The molecule has 106 valence electrons. The standard InChI is InChI=1S/C14H12ClN5S/c1-3-14(2,7-16)9-6-21-13(18-9)8-4-5-17-12-10(8)11(15)19-20-12/h4-6H,3H2,1-2H3,(H,17,19,20). The second-order valence-electron chi connectivity index (χ2n) is 4.93. The van der Waals surface area contributed by atoms with Gasteiger partial charge in [-0.25, -0.2) is 9.97 Å². The molecule has 1 N–H and O–H groups in total. The maximum atomic E-state index is 9.37. The number of hydrogen-bond donors (Lipinski definition) is 1. The number of halogens is 1. The monoisotopic (exact) mass is 317 g/mol. The van der Waals surface area contributed by atoms with Gasteiger partial charge in [-0.05, 0) is 19.4 Å². The van der Waals surface area contributed by atoms with Crippen LogP contribution in [-0.2, 0) is 5.41 Å². The second kappa shape index (κ2) is 5.10. The van der Waals surface area contributed by atoms with E-state index in [1.807, 2.05) is 25.3 Å². The molecule has 0 aliphatic rings. The Morgan fingerprint density at radius 1 is 1.52 bits per heavy atom. The molecule has 3 aromatic heterocycles. The molecule has 21 heavy (non-hydrogen) atoms. The van der Waals surface area contributed by atoms with Crippen LogP contribution in [0.3, 0.4) is 0 Å². The van der Waals surface area contributed by atoms with Crippen molar-refractivity contribution in [3.63, 3.8) is 0 Å². The number of nitriles is 1. The Bertz CT molecular complexity index is 847. The van der Waals surface area contributed by atoms with Gasteiger partial charge in [0.2, 0.25) is 0 Å². The molecular weight excluding hydrogens is 306 g/mol. The summed E-state index contributed by atoms with van der Waals surface area (Å²) in [5, 5.41) is 20.1. The normalized spacial score (nSPS) is 14.0. The molecule has 1 unspecified atom stereocenters. The quantitative estimate of drug-likeness (QED) is 0.794. The van der Waals surface area contributed by atoms with E-state index in [-0.39, 0.29) is 0 Å². The minimum Gasteiger partial charge on any atom is -0.264 e. The number of nitrogens with one attached hydrogen (secondary N) is 1. The number of H-pyrrole nitrogens is 1. The van der Waals surface area contributed by atoms with Gasteiger partial charge in [0.1, 0.15) is 10.2 Å². The number of fused-ring (bicyclic) bond motifs is 1. The van der Waals surface area contributed by atoms with Crippen molar-refractivity contribution in [2.75, 3.05) is 0 Å². The Balaban J connectivity index is 2.15. The lowest BCUT2D eigenvalue weighted by atomic mass is 9.86. The molecule has 0 aromatic carbocycles. The number of pyridine rings is 1. The molecule has 3 rings (SSSR count). The molecule has 0 fully saturated rings. The van der Waals surface area contributed by atoms with E-state index in [0.717, 1.165) is 21.7 Å². The average Bonchev–Trinajstić information content (AvgIpc) is 3.14. The van der Waals surface area contributed by atoms with Gasteiger partial charge in [0.05, 0.1) is 22.6 Å². The van der Waals surface area contributed by atoms with E-state index in [1.54, 1.807) is 6.20 Å². The highest BCUT2D eigenvalue weighted by Crippen LogP contribution is 2.36. The zero-order valence-electron chi connectivity index (χ0n) is 11.5. The molecule has 0 saturated heterocycles. The van der Waals surface area contributed by atoms with Gasteiger partial charge in [0, 0.05) is 17.1 Å². The molecule has 3 heterocycles. The third kappa shape index (κ3) is 2.19. The molecule has 0 amide bonds. The number of hydrogen-bond acceptors (Lipinski definition) is 5. The summed E-state index contributed by atoms with van der Waals surface area (Å²) < 4.78 is 0. The zero-order chi connectivity index (χ0) is 15.0. The van der Waals surface area contributed by atoms with Crippen LogP contribution < -0.4 is 0 Å². The highest BCUT2D eigenvalue weighted by Gasteiger charge is 2.27. The van der Waals surface area contributed by atoms with Crippen LogP contribution in [0.15, 0.2) is 17.6 Å². The zero-order valence-corrected chi connectivity index (χ0v) is 13.1. The van der Waals surface area contributed by atoms with E-state index in [0.29, 0.717) is 17.2 Å². The maximum absolute atomic E-state index is 9.37.